The molecule has 0 aliphatic carbocycles. The molecule has 1 unspecified atom stereocenters. The molecule has 0 saturated carbocycles. The van der Waals surface area contributed by atoms with Crippen LogP contribution in [0.1, 0.15) is 30.9 Å². The Bertz CT molecular complexity index is 394. The molecule has 1 aliphatic heterocycles. The second-order valence-corrected chi connectivity index (χ2v) is 5.34. The largest absolute Gasteiger partial charge is 0.356 e. The lowest BCUT2D eigenvalue weighted by Gasteiger charge is -2.09. The van der Waals surface area contributed by atoms with Crippen LogP contribution in [0.3, 0.4) is 0 Å². The number of hydrogen-bond donors (Lipinski definition) is 2. The van der Waals surface area contributed by atoms with Gasteiger partial charge in [0.25, 0.3) is 0 Å². The zero-order valence-corrected chi connectivity index (χ0v) is 11.7. The van der Waals surface area contributed by atoms with Crippen LogP contribution in [0.25, 0.3) is 0 Å². The van der Waals surface area contributed by atoms with E-state index in [4.69, 9.17) is 0 Å². The normalized spacial score (nSPS) is 18.5. The molecule has 1 heterocycles. The van der Waals surface area contributed by atoms with Gasteiger partial charge in [0.1, 0.15) is 0 Å². The van der Waals surface area contributed by atoms with E-state index >= 15 is 0 Å². The highest BCUT2D eigenvalue weighted by Crippen LogP contribution is 2.11. The zero-order valence-electron chi connectivity index (χ0n) is 11.7. The van der Waals surface area contributed by atoms with Gasteiger partial charge in [-0.05, 0) is 49.4 Å². The van der Waals surface area contributed by atoms with E-state index in [1.165, 1.54) is 12.0 Å². The Hall–Kier alpha value is -1.35. The maximum Gasteiger partial charge on any atom is 0.224 e. The zero-order chi connectivity index (χ0) is 13.5. The second kappa shape index (κ2) is 7.29. The van der Waals surface area contributed by atoms with Crippen LogP contribution in [0.2, 0.25) is 0 Å². The molecule has 3 nitrogen and oxygen atoms in total. The van der Waals surface area contributed by atoms with Gasteiger partial charge in [-0.3, -0.25) is 4.79 Å². The first kappa shape index (κ1) is 14.1. The van der Waals surface area contributed by atoms with Crippen LogP contribution in [0.15, 0.2) is 24.3 Å². The number of nitrogens with one attached hydrogen (secondary N) is 2. The van der Waals surface area contributed by atoms with Crippen molar-refractivity contribution in [2.45, 2.75) is 32.6 Å². The Labute approximate surface area is 115 Å². The topological polar surface area (TPSA) is 41.1 Å². The SMILES string of the molecule is CCc1ccc(CC(=O)NCCC2CCNC2)cc1. The fraction of sp³-hybridized carbons (Fsp3) is 0.562. The molecule has 1 amide bonds. The van der Waals surface area contributed by atoms with Crippen molar-refractivity contribution in [1.82, 2.24) is 10.6 Å². The Morgan fingerprint density at radius 2 is 2.05 bits per heavy atom. The highest BCUT2D eigenvalue weighted by atomic mass is 16.1. The third kappa shape index (κ3) is 4.67. The van der Waals surface area contributed by atoms with E-state index < -0.39 is 0 Å². The van der Waals surface area contributed by atoms with Gasteiger partial charge >= 0.3 is 0 Å². The summed E-state index contributed by atoms with van der Waals surface area (Å²) in [7, 11) is 0. The maximum atomic E-state index is 11.8. The van der Waals surface area contributed by atoms with E-state index in [9.17, 15) is 4.79 Å². The number of carbonyl (C=O) groups is 1. The molecule has 3 heteroatoms. The highest BCUT2D eigenvalue weighted by Gasteiger charge is 2.14. The molecule has 2 N–H and O–H groups in total. The van der Waals surface area contributed by atoms with Crippen molar-refractivity contribution in [2.75, 3.05) is 19.6 Å². The predicted octanol–water partition coefficient (Wildman–Crippen LogP) is 1.91. The summed E-state index contributed by atoms with van der Waals surface area (Å²) in [6, 6.07) is 8.32. The fourth-order valence-electron chi connectivity index (χ4n) is 2.52. The standard InChI is InChI=1S/C16H24N2O/c1-2-13-3-5-14(6-4-13)11-16(19)18-10-8-15-7-9-17-12-15/h3-6,15,17H,2,7-12H2,1H3,(H,18,19). The number of carbonyl (C=O) groups excluding carboxylic acids is 1. The van der Waals surface area contributed by atoms with E-state index in [1.807, 2.05) is 0 Å². The van der Waals surface area contributed by atoms with Crippen molar-refractivity contribution >= 4 is 5.91 Å². The van der Waals surface area contributed by atoms with Gasteiger partial charge in [-0.1, -0.05) is 31.2 Å². The molecule has 1 aliphatic rings. The summed E-state index contributed by atoms with van der Waals surface area (Å²) < 4.78 is 0. The van der Waals surface area contributed by atoms with Gasteiger partial charge in [0.2, 0.25) is 5.91 Å². The first-order valence-electron chi connectivity index (χ1n) is 7.33. The Kier molecular flexibility index (Phi) is 5.40. The lowest BCUT2D eigenvalue weighted by Crippen LogP contribution is -2.27. The summed E-state index contributed by atoms with van der Waals surface area (Å²) in [6.45, 7) is 5.18. The van der Waals surface area contributed by atoms with Crippen LogP contribution in [-0.4, -0.2) is 25.5 Å². The number of benzene rings is 1. The Morgan fingerprint density at radius 1 is 1.32 bits per heavy atom. The maximum absolute atomic E-state index is 11.8. The fourth-order valence-corrected chi connectivity index (χ4v) is 2.52. The summed E-state index contributed by atoms with van der Waals surface area (Å²) in [6.07, 6.45) is 3.87. The molecular formula is C16H24N2O. The summed E-state index contributed by atoms with van der Waals surface area (Å²) in [5.74, 6) is 0.874. The molecule has 1 aromatic carbocycles. The number of amides is 1. The summed E-state index contributed by atoms with van der Waals surface area (Å²) in [4.78, 5) is 11.8. The van der Waals surface area contributed by atoms with Crippen molar-refractivity contribution in [3.63, 3.8) is 0 Å². The van der Waals surface area contributed by atoms with Crippen LogP contribution in [-0.2, 0) is 17.6 Å². The third-order valence-corrected chi connectivity index (χ3v) is 3.83. The van der Waals surface area contributed by atoms with E-state index in [2.05, 4.69) is 41.8 Å². The summed E-state index contributed by atoms with van der Waals surface area (Å²) >= 11 is 0. The average Bonchev–Trinajstić information content (AvgIpc) is 2.93. The van der Waals surface area contributed by atoms with Gasteiger partial charge in [-0.15, -0.1) is 0 Å². The molecule has 1 atom stereocenters. The smallest absolute Gasteiger partial charge is 0.224 e. The third-order valence-electron chi connectivity index (χ3n) is 3.83. The lowest BCUT2D eigenvalue weighted by molar-refractivity contribution is -0.120. The van der Waals surface area contributed by atoms with Crippen molar-refractivity contribution < 1.29 is 4.79 Å². The minimum atomic E-state index is 0.134. The van der Waals surface area contributed by atoms with Crippen molar-refractivity contribution in [3.8, 4) is 0 Å². The molecule has 1 aromatic rings. The van der Waals surface area contributed by atoms with Gasteiger partial charge in [-0.25, -0.2) is 0 Å². The second-order valence-electron chi connectivity index (χ2n) is 5.34. The van der Waals surface area contributed by atoms with E-state index in [0.29, 0.717) is 6.42 Å². The van der Waals surface area contributed by atoms with Gasteiger partial charge in [0.05, 0.1) is 6.42 Å². The molecule has 0 radical (unpaired) electrons. The van der Waals surface area contributed by atoms with Crippen molar-refractivity contribution in [1.29, 1.82) is 0 Å². The van der Waals surface area contributed by atoms with Crippen molar-refractivity contribution in [3.05, 3.63) is 35.4 Å². The quantitative estimate of drug-likeness (QED) is 0.820. The molecule has 2 rings (SSSR count). The van der Waals surface area contributed by atoms with Gasteiger partial charge in [0.15, 0.2) is 0 Å². The summed E-state index contributed by atoms with van der Waals surface area (Å²) in [5, 5.41) is 6.37. The van der Waals surface area contributed by atoms with E-state index in [0.717, 1.165) is 44.0 Å². The lowest BCUT2D eigenvalue weighted by atomic mass is 10.0. The molecular weight excluding hydrogens is 236 g/mol. The van der Waals surface area contributed by atoms with Crippen LogP contribution < -0.4 is 10.6 Å². The first-order chi connectivity index (χ1) is 9.28. The van der Waals surface area contributed by atoms with Crippen LogP contribution in [0.5, 0.6) is 0 Å². The molecule has 104 valence electrons. The van der Waals surface area contributed by atoms with Crippen LogP contribution >= 0.6 is 0 Å². The van der Waals surface area contributed by atoms with Gasteiger partial charge in [0, 0.05) is 6.54 Å². The summed E-state index contributed by atoms with van der Waals surface area (Å²) in [5.41, 5.74) is 2.41. The highest BCUT2D eigenvalue weighted by molar-refractivity contribution is 5.78. The van der Waals surface area contributed by atoms with Crippen molar-refractivity contribution in [2.24, 2.45) is 5.92 Å². The molecule has 19 heavy (non-hydrogen) atoms. The van der Waals surface area contributed by atoms with Crippen LogP contribution in [0.4, 0.5) is 0 Å². The minimum Gasteiger partial charge on any atom is -0.356 e. The molecule has 1 saturated heterocycles. The Morgan fingerprint density at radius 3 is 2.68 bits per heavy atom. The molecule has 0 bridgehead atoms. The van der Waals surface area contributed by atoms with Gasteiger partial charge in [-0.2, -0.15) is 0 Å². The average molecular weight is 260 g/mol. The number of aryl methyl sites for hydroxylation is 1. The minimum absolute atomic E-state index is 0.134. The van der Waals surface area contributed by atoms with E-state index in [-0.39, 0.29) is 5.91 Å². The van der Waals surface area contributed by atoms with E-state index in [1.54, 1.807) is 0 Å². The molecule has 1 fully saturated rings. The number of rotatable bonds is 6. The Balaban J connectivity index is 1.68. The molecule has 0 aromatic heterocycles. The first-order valence-corrected chi connectivity index (χ1v) is 7.33. The predicted molar refractivity (Wildman–Crippen MR) is 78.1 cm³/mol. The van der Waals surface area contributed by atoms with Gasteiger partial charge < -0.3 is 10.6 Å². The number of hydrogen-bond acceptors (Lipinski definition) is 2. The molecule has 0 spiro atoms. The van der Waals surface area contributed by atoms with Crippen LogP contribution in [0, 0.1) is 5.92 Å². The monoisotopic (exact) mass is 260 g/mol.